The van der Waals surface area contributed by atoms with Crippen LogP contribution in [0.3, 0.4) is 0 Å². The number of thioether (sulfide) groups is 1. The topological polar surface area (TPSA) is 78.5 Å². The number of para-hydroxylation sites is 1. The fraction of sp³-hybridized carbons (Fsp3) is 0.381. The van der Waals surface area contributed by atoms with Crippen molar-refractivity contribution in [1.29, 1.82) is 0 Å². The van der Waals surface area contributed by atoms with Crippen LogP contribution < -0.4 is 15.8 Å². The number of amides is 3. The normalized spacial score (nSPS) is 16.3. The first kappa shape index (κ1) is 20.0. The maximum atomic E-state index is 12.5. The van der Waals surface area contributed by atoms with Gasteiger partial charge in [0.25, 0.3) is 11.8 Å². The minimum atomic E-state index is -0.427. The summed E-state index contributed by atoms with van der Waals surface area (Å²) in [6.45, 7) is -0.127. The highest BCUT2D eigenvalue weighted by Gasteiger charge is 2.26. The minimum absolute atomic E-state index is 0.117. The molecule has 0 atom stereocenters. The molecule has 2 aliphatic rings. The molecular formula is C21H23N3O3S2. The molecule has 1 aliphatic carbocycles. The molecule has 8 heteroatoms. The molecule has 4 rings (SSSR count). The van der Waals surface area contributed by atoms with E-state index in [4.69, 9.17) is 0 Å². The van der Waals surface area contributed by atoms with Gasteiger partial charge in [-0.1, -0.05) is 25.0 Å². The Morgan fingerprint density at radius 1 is 1.03 bits per heavy atom. The smallest absolute Gasteiger partial charge is 0.279 e. The average molecular weight is 430 g/mol. The molecule has 2 heterocycles. The number of hydrogen-bond acceptors (Lipinski definition) is 5. The lowest BCUT2D eigenvalue weighted by molar-refractivity contribution is -0.123. The van der Waals surface area contributed by atoms with Crippen molar-refractivity contribution in [3.8, 4) is 0 Å². The summed E-state index contributed by atoms with van der Waals surface area (Å²) >= 11 is 2.98. The standard InChI is InChI=1S/C21H23N3O3S2/c25-19(12-24-15-8-5-6-10-17(15)28-13-20(24)26)22-23-21(27)18-11-14-7-3-1-2-4-9-16(14)29-18/h5-6,8,10-11H,1-4,7,9,12-13H2,(H,22,25)(H,23,27). The lowest BCUT2D eigenvalue weighted by Crippen LogP contribution is -2.48. The van der Waals surface area contributed by atoms with Crippen molar-refractivity contribution in [3.05, 3.63) is 45.6 Å². The van der Waals surface area contributed by atoms with Gasteiger partial charge in [0, 0.05) is 9.77 Å². The minimum Gasteiger partial charge on any atom is -0.301 e. The highest BCUT2D eigenvalue weighted by molar-refractivity contribution is 8.00. The number of aryl methyl sites for hydroxylation is 2. The summed E-state index contributed by atoms with van der Waals surface area (Å²) < 4.78 is 0. The maximum Gasteiger partial charge on any atom is 0.279 e. The van der Waals surface area contributed by atoms with Crippen molar-refractivity contribution < 1.29 is 14.4 Å². The molecule has 1 aromatic carbocycles. The molecule has 0 bridgehead atoms. The number of hydrogen-bond donors (Lipinski definition) is 2. The SMILES string of the molecule is O=C(CN1C(=O)CSc2ccccc21)NNC(=O)c1cc2c(s1)CCCCCC2. The van der Waals surface area contributed by atoms with Crippen molar-refractivity contribution in [2.45, 2.75) is 43.4 Å². The zero-order valence-electron chi connectivity index (χ0n) is 16.0. The van der Waals surface area contributed by atoms with E-state index >= 15 is 0 Å². The molecule has 0 saturated heterocycles. The summed E-state index contributed by atoms with van der Waals surface area (Å²) in [7, 11) is 0. The Kier molecular flexibility index (Phi) is 6.20. The van der Waals surface area contributed by atoms with E-state index in [2.05, 4.69) is 10.9 Å². The Balaban J connectivity index is 1.36. The lowest BCUT2D eigenvalue weighted by atomic mass is 10.00. The van der Waals surface area contributed by atoms with Gasteiger partial charge in [-0.15, -0.1) is 23.1 Å². The first-order chi connectivity index (χ1) is 14.1. The third kappa shape index (κ3) is 4.64. The molecule has 1 aliphatic heterocycles. The van der Waals surface area contributed by atoms with Crippen LogP contribution in [0.25, 0.3) is 0 Å². The summed E-state index contributed by atoms with van der Waals surface area (Å²) in [4.78, 5) is 41.5. The number of rotatable bonds is 3. The monoisotopic (exact) mass is 429 g/mol. The van der Waals surface area contributed by atoms with Crippen LogP contribution >= 0.6 is 23.1 Å². The van der Waals surface area contributed by atoms with E-state index in [0.717, 1.165) is 36.3 Å². The van der Waals surface area contributed by atoms with E-state index in [1.165, 1.54) is 51.3 Å². The van der Waals surface area contributed by atoms with E-state index in [9.17, 15) is 14.4 Å². The number of nitrogens with zero attached hydrogens (tertiary/aromatic N) is 1. The zero-order valence-corrected chi connectivity index (χ0v) is 17.7. The number of benzene rings is 1. The molecule has 1 aromatic heterocycles. The second-order valence-corrected chi connectivity index (χ2v) is 9.37. The van der Waals surface area contributed by atoms with Crippen LogP contribution in [-0.4, -0.2) is 30.0 Å². The first-order valence-electron chi connectivity index (χ1n) is 9.85. The Hall–Kier alpha value is -2.32. The Labute approximate surface area is 178 Å². The van der Waals surface area contributed by atoms with Crippen LogP contribution in [0.15, 0.2) is 35.2 Å². The van der Waals surface area contributed by atoms with Gasteiger partial charge in [-0.05, 0) is 49.4 Å². The van der Waals surface area contributed by atoms with E-state index < -0.39 is 5.91 Å². The molecule has 0 spiro atoms. The third-order valence-corrected chi connectivity index (χ3v) is 7.43. The number of fused-ring (bicyclic) bond motifs is 2. The first-order valence-corrected chi connectivity index (χ1v) is 11.6. The number of nitrogens with one attached hydrogen (secondary N) is 2. The Morgan fingerprint density at radius 2 is 1.83 bits per heavy atom. The van der Waals surface area contributed by atoms with E-state index in [-0.39, 0.29) is 18.4 Å². The van der Waals surface area contributed by atoms with Crippen molar-refractivity contribution in [2.24, 2.45) is 0 Å². The molecule has 3 amide bonds. The van der Waals surface area contributed by atoms with Gasteiger partial charge in [-0.2, -0.15) is 0 Å². The summed E-state index contributed by atoms with van der Waals surface area (Å²) in [6.07, 6.45) is 6.84. The molecule has 0 fully saturated rings. The third-order valence-electron chi connectivity index (χ3n) is 5.15. The van der Waals surface area contributed by atoms with Gasteiger partial charge in [-0.25, -0.2) is 0 Å². The molecule has 0 saturated carbocycles. The molecule has 152 valence electrons. The molecule has 2 aromatic rings. The van der Waals surface area contributed by atoms with E-state index in [0.29, 0.717) is 10.6 Å². The molecule has 0 unspecified atom stereocenters. The van der Waals surface area contributed by atoms with Gasteiger partial charge in [-0.3, -0.25) is 25.2 Å². The molecular weight excluding hydrogens is 406 g/mol. The van der Waals surface area contributed by atoms with Gasteiger partial charge in [0.15, 0.2) is 0 Å². The van der Waals surface area contributed by atoms with Crippen molar-refractivity contribution in [2.75, 3.05) is 17.2 Å². The summed E-state index contributed by atoms with van der Waals surface area (Å²) in [5.74, 6) is -0.551. The van der Waals surface area contributed by atoms with E-state index in [1.807, 2.05) is 30.3 Å². The van der Waals surface area contributed by atoms with Crippen LogP contribution in [0.4, 0.5) is 5.69 Å². The van der Waals surface area contributed by atoms with Crippen molar-refractivity contribution >= 4 is 46.5 Å². The second kappa shape index (κ2) is 9.00. The summed E-state index contributed by atoms with van der Waals surface area (Å²) in [5, 5.41) is 0. The largest absolute Gasteiger partial charge is 0.301 e. The number of carbonyl (C=O) groups is 3. The van der Waals surface area contributed by atoms with Gasteiger partial charge in [0.1, 0.15) is 6.54 Å². The van der Waals surface area contributed by atoms with Crippen LogP contribution in [-0.2, 0) is 22.4 Å². The van der Waals surface area contributed by atoms with Gasteiger partial charge < -0.3 is 4.90 Å². The molecule has 2 N–H and O–H groups in total. The number of thiophene rings is 1. The van der Waals surface area contributed by atoms with Crippen LogP contribution in [0.1, 0.15) is 45.8 Å². The van der Waals surface area contributed by atoms with Crippen molar-refractivity contribution in [3.63, 3.8) is 0 Å². The van der Waals surface area contributed by atoms with Gasteiger partial charge in [0.05, 0.1) is 16.3 Å². The van der Waals surface area contributed by atoms with Crippen LogP contribution in [0, 0.1) is 0 Å². The predicted octanol–water partition coefficient (Wildman–Crippen LogP) is 3.31. The van der Waals surface area contributed by atoms with Crippen LogP contribution in [0.5, 0.6) is 0 Å². The van der Waals surface area contributed by atoms with Crippen LogP contribution in [0.2, 0.25) is 0 Å². The second-order valence-electron chi connectivity index (χ2n) is 7.21. The lowest BCUT2D eigenvalue weighted by Gasteiger charge is -2.28. The Morgan fingerprint density at radius 3 is 2.69 bits per heavy atom. The predicted molar refractivity (Wildman–Crippen MR) is 115 cm³/mol. The zero-order chi connectivity index (χ0) is 20.2. The quantitative estimate of drug-likeness (QED) is 0.734. The number of carbonyl (C=O) groups excluding carboxylic acids is 3. The molecule has 0 radical (unpaired) electrons. The molecule has 6 nitrogen and oxygen atoms in total. The van der Waals surface area contributed by atoms with Crippen molar-refractivity contribution in [1.82, 2.24) is 10.9 Å². The highest BCUT2D eigenvalue weighted by atomic mass is 32.2. The summed E-state index contributed by atoms with van der Waals surface area (Å²) in [5.41, 5.74) is 6.94. The number of hydrazine groups is 1. The highest BCUT2D eigenvalue weighted by Crippen LogP contribution is 2.34. The fourth-order valence-electron chi connectivity index (χ4n) is 3.65. The van der Waals surface area contributed by atoms with Gasteiger partial charge >= 0.3 is 0 Å². The van der Waals surface area contributed by atoms with Gasteiger partial charge in [0.2, 0.25) is 5.91 Å². The maximum absolute atomic E-state index is 12.5. The summed E-state index contributed by atoms with van der Waals surface area (Å²) in [6, 6.07) is 9.46. The Bertz CT molecular complexity index is 916. The van der Waals surface area contributed by atoms with E-state index in [1.54, 1.807) is 0 Å². The fourth-order valence-corrected chi connectivity index (χ4v) is 5.74. The molecule has 29 heavy (non-hydrogen) atoms. The average Bonchev–Trinajstić information content (AvgIpc) is 3.10. The number of anilines is 1.